The fraction of sp³-hybridized carbons (Fsp3) is 0.567. The number of amides is 2. The van der Waals surface area contributed by atoms with Gasteiger partial charge in [0, 0.05) is 23.3 Å². The molecular weight excluding hydrogens is 434 g/mol. The molecule has 1 aliphatic heterocycles. The van der Waals surface area contributed by atoms with E-state index < -0.39 is 0 Å². The minimum atomic E-state index is 0.0743. The molecule has 0 radical (unpaired) electrons. The van der Waals surface area contributed by atoms with E-state index in [0.717, 1.165) is 41.3 Å². The summed E-state index contributed by atoms with van der Waals surface area (Å²) in [6.07, 6.45) is 14.6. The number of nitrogens with one attached hydrogen (secondary N) is 2. The van der Waals surface area contributed by atoms with Crippen molar-refractivity contribution in [2.75, 3.05) is 5.32 Å². The number of fused-ring (bicyclic) bond motifs is 6. The second kappa shape index (κ2) is 8.46. The number of aromatic nitrogens is 1. The predicted molar refractivity (Wildman–Crippen MR) is 139 cm³/mol. The van der Waals surface area contributed by atoms with Gasteiger partial charge in [0.2, 0.25) is 11.8 Å². The summed E-state index contributed by atoms with van der Waals surface area (Å²) < 4.78 is 0. The van der Waals surface area contributed by atoms with Gasteiger partial charge in [0.1, 0.15) is 0 Å². The zero-order valence-corrected chi connectivity index (χ0v) is 20.9. The first-order valence-electron chi connectivity index (χ1n) is 13.5. The Labute approximate surface area is 208 Å². The molecule has 0 bridgehead atoms. The highest BCUT2D eigenvalue weighted by Crippen LogP contribution is 2.65. The molecule has 2 N–H and O–H groups in total. The number of hydrogen-bond donors (Lipinski definition) is 2. The Morgan fingerprint density at radius 1 is 1.11 bits per heavy atom. The van der Waals surface area contributed by atoms with E-state index in [4.69, 9.17) is 0 Å². The quantitative estimate of drug-likeness (QED) is 0.586. The molecule has 3 fully saturated rings. The van der Waals surface area contributed by atoms with Crippen LogP contribution >= 0.6 is 0 Å². The first-order valence-corrected chi connectivity index (χ1v) is 13.5. The Kier molecular flexibility index (Phi) is 5.50. The summed E-state index contributed by atoms with van der Waals surface area (Å²) >= 11 is 0. The minimum Gasteiger partial charge on any atom is -0.349 e. The Hall–Kier alpha value is -2.69. The number of carbonyl (C=O) groups is 2. The van der Waals surface area contributed by atoms with Gasteiger partial charge in [-0.1, -0.05) is 38.1 Å². The lowest BCUT2D eigenvalue weighted by atomic mass is 9.48. The van der Waals surface area contributed by atoms with Crippen molar-refractivity contribution in [3.8, 4) is 0 Å². The van der Waals surface area contributed by atoms with E-state index in [0.29, 0.717) is 23.7 Å². The van der Waals surface area contributed by atoms with Gasteiger partial charge in [-0.3, -0.25) is 14.6 Å². The van der Waals surface area contributed by atoms with Crippen molar-refractivity contribution in [2.24, 2.45) is 34.5 Å². The highest BCUT2D eigenvalue weighted by Gasteiger charge is 2.59. The summed E-state index contributed by atoms with van der Waals surface area (Å²) in [4.78, 5) is 29.3. The molecule has 2 heterocycles. The molecule has 4 aliphatic rings. The number of anilines is 1. The molecule has 3 saturated carbocycles. The van der Waals surface area contributed by atoms with E-state index in [2.05, 4.69) is 35.5 Å². The number of carbonyl (C=O) groups excluding carboxylic acids is 2. The molecule has 7 atom stereocenters. The number of benzene rings is 1. The SMILES string of the molecule is C[C@]12CC[C@H]3[C@@H](CCC4NC(=O)C=C[C@@]43C)[C@@H]1CC[C@@H]2CCC(=O)Nc1cnc2ccccc2c1. The highest BCUT2D eigenvalue weighted by molar-refractivity contribution is 5.93. The number of pyridine rings is 1. The monoisotopic (exact) mass is 471 g/mol. The minimum absolute atomic E-state index is 0.0743. The lowest BCUT2D eigenvalue weighted by Crippen LogP contribution is -2.59. The van der Waals surface area contributed by atoms with Crippen LogP contribution < -0.4 is 10.6 Å². The number of rotatable bonds is 4. The zero-order chi connectivity index (χ0) is 24.2. The molecule has 5 heteroatoms. The molecule has 0 saturated heterocycles. The van der Waals surface area contributed by atoms with Gasteiger partial charge < -0.3 is 10.6 Å². The Morgan fingerprint density at radius 2 is 1.97 bits per heavy atom. The molecule has 5 nitrogen and oxygen atoms in total. The number of para-hydroxylation sites is 1. The fourth-order valence-corrected chi connectivity index (χ4v) is 8.58. The maximum atomic E-state index is 12.8. The molecule has 1 unspecified atom stereocenters. The Bertz CT molecular complexity index is 1190. The van der Waals surface area contributed by atoms with Gasteiger partial charge in [-0.05, 0) is 92.2 Å². The third kappa shape index (κ3) is 3.78. The molecule has 2 aromatic rings. The molecule has 2 amide bonds. The van der Waals surface area contributed by atoms with Gasteiger partial charge in [0.15, 0.2) is 0 Å². The van der Waals surface area contributed by atoms with Crippen LogP contribution in [0.1, 0.15) is 65.2 Å². The molecular formula is C30H37N3O2. The van der Waals surface area contributed by atoms with Gasteiger partial charge in [-0.15, -0.1) is 0 Å². The van der Waals surface area contributed by atoms with E-state index in [1.807, 2.05) is 30.3 Å². The van der Waals surface area contributed by atoms with Crippen LogP contribution in [0.5, 0.6) is 0 Å². The number of hydrogen-bond acceptors (Lipinski definition) is 3. The van der Waals surface area contributed by atoms with E-state index >= 15 is 0 Å². The van der Waals surface area contributed by atoms with E-state index in [9.17, 15) is 9.59 Å². The maximum Gasteiger partial charge on any atom is 0.243 e. The van der Waals surface area contributed by atoms with Crippen LogP contribution in [-0.2, 0) is 9.59 Å². The first kappa shape index (κ1) is 22.8. The molecule has 0 spiro atoms. The van der Waals surface area contributed by atoms with Crippen molar-refractivity contribution in [1.82, 2.24) is 10.3 Å². The van der Waals surface area contributed by atoms with Crippen molar-refractivity contribution in [3.05, 3.63) is 48.7 Å². The fourth-order valence-electron chi connectivity index (χ4n) is 8.58. The average Bonchev–Trinajstić information content (AvgIpc) is 3.19. The van der Waals surface area contributed by atoms with Crippen LogP contribution in [0.4, 0.5) is 5.69 Å². The Morgan fingerprint density at radius 3 is 2.86 bits per heavy atom. The summed E-state index contributed by atoms with van der Waals surface area (Å²) in [5.74, 6) is 2.91. The second-order valence-corrected chi connectivity index (χ2v) is 12.0. The van der Waals surface area contributed by atoms with Crippen molar-refractivity contribution in [3.63, 3.8) is 0 Å². The van der Waals surface area contributed by atoms with E-state index in [1.165, 1.54) is 32.1 Å². The van der Waals surface area contributed by atoms with Crippen LogP contribution in [0, 0.1) is 34.5 Å². The lowest BCUT2D eigenvalue weighted by Gasteiger charge is -2.59. The summed E-state index contributed by atoms with van der Waals surface area (Å²) in [7, 11) is 0. The van der Waals surface area contributed by atoms with Crippen molar-refractivity contribution < 1.29 is 9.59 Å². The van der Waals surface area contributed by atoms with E-state index in [-0.39, 0.29) is 23.3 Å². The second-order valence-electron chi connectivity index (χ2n) is 12.0. The van der Waals surface area contributed by atoms with Crippen LogP contribution in [0.15, 0.2) is 48.7 Å². The molecule has 3 aliphatic carbocycles. The standard InChI is InChI=1S/C30H37N3O2/c1-29-15-13-24-22(9-11-26-30(24,2)16-14-28(35)33-26)23(29)10-7-20(29)8-12-27(34)32-21-17-19-5-3-4-6-25(19)31-18-21/h3-6,14,16-18,20,22-24,26H,7-13,15H2,1-2H3,(H,32,34)(H,33,35)/t20-,22+,23+,24+,26?,29-,30-/m1/s1. The highest BCUT2D eigenvalue weighted by atomic mass is 16.2. The lowest BCUT2D eigenvalue weighted by molar-refractivity contribution is -0.123. The van der Waals surface area contributed by atoms with Gasteiger partial charge in [0.25, 0.3) is 0 Å². The van der Waals surface area contributed by atoms with Crippen molar-refractivity contribution >= 4 is 28.4 Å². The summed E-state index contributed by atoms with van der Waals surface area (Å²) in [6.45, 7) is 4.90. The summed E-state index contributed by atoms with van der Waals surface area (Å²) in [6, 6.07) is 10.3. The van der Waals surface area contributed by atoms with Crippen LogP contribution in [0.3, 0.4) is 0 Å². The topological polar surface area (TPSA) is 71.1 Å². The normalized spacial score (nSPS) is 37.8. The van der Waals surface area contributed by atoms with Gasteiger partial charge in [-0.25, -0.2) is 0 Å². The van der Waals surface area contributed by atoms with Gasteiger partial charge in [-0.2, -0.15) is 0 Å². The molecule has 184 valence electrons. The van der Waals surface area contributed by atoms with Gasteiger partial charge >= 0.3 is 0 Å². The third-order valence-electron chi connectivity index (χ3n) is 10.5. The average molecular weight is 472 g/mol. The van der Waals surface area contributed by atoms with Crippen LogP contribution in [0.25, 0.3) is 10.9 Å². The smallest absolute Gasteiger partial charge is 0.243 e. The Balaban J connectivity index is 1.11. The largest absolute Gasteiger partial charge is 0.349 e. The molecule has 1 aromatic carbocycles. The number of nitrogens with zero attached hydrogens (tertiary/aromatic N) is 1. The predicted octanol–water partition coefficient (Wildman–Crippen LogP) is 5.87. The van der Waals surface area contributed by atoms with Crippen molar-refractivity contribution in [1.29, 1.82) is 0 Å². The molecule has 6 rings (SSSR count). The van der Waals surface area contributed by atoms with Crippen molar-refractivity contribution in [2.45, 2.75) is 71.3 Å². The van der Waals surface area contributed by atoms with Crippen LogP contribution in [-0.4, -0.2) is 22.8 Å². The first-order chi connectivity index (χ1) is 16.9. The van der Waals surface area contributed by atoms with E-state index in [1.54, 1.807) is 12.3 Å². The maximum absolute atomic E-state index is 12.8. The van der Waals surface area contributed by atoms with Gasteiger partial charge in [0.05, 0.1) is 17.4 Å². The summed E-state index contributed by atoms with van der Waals surface area (Å²) in [5.41, 5.74) is 2.14. The molecule has 1 aromatic heterocycles. The summed E-state index contributed by atoms with van der Waals surface area (Å²) in [5, 5.41) is 7.39. The molecule has 35 heavy (non-hydrogen) atoms. The third-order valence-corrected chi connectivity index (χ3v) is 10.5. The van der Waals surface area contributed by atoms with Crippen LogP contribution in [0.2, 0.25) is 0 Å². The zero-order valence-electron chi connectivity index (χ0n) is 20.9.